The second-order valence-corrected chi connectivity index (χ2v) is 6.38. The number of fused-ring (bicyclic) bond motifs is 3. The molecule has 3 nitrogen and oxygen atoms in total. The van der Waals surface area contributed by atoms with Gasteiger partial charge in [-0.2, -0.15) is 0 Å². The molecule has 1 aromatic heterocycles. The number of amides is 1. The molecule has 20 heavy (non-hydrogen) atoms. The lowest BCUT2D eigenvalue weighted by atomic mass is 9.98. The molecular weight excluding hydrogens is 268 g/mol. The highest BCUT2D eigenvalue weighted by Gasteiger charge is 2.52. The molecule has 1 aromatic carbocycles. The second-order valence-electron chi connectivity index (χ2n) is 5.09. The number of aromatic nitrogens is 1. The highest BCUT2D eigenvalue weighted by molar-refractivity contribution is 8.00. The van der Waals surface area contributed by atoms with Crippen molar-refractivity contribution < 1.29 is 4.79 Å². The molecule has 4 rings (SSSR count). The molecule has 0 N–H and O–H groups in total. The molecule has 1 saturated heterocycles. The summed E-state index contributed by atoms with van der Waals surface area (Å²) in [7, 11) is 0. The molecule has 0 aliphatic carbocycles. The molecule has 100 valence electrons. The standard InChI is InChI=1S/C16H14N2OS/c19-15-13-6-1-2-7-14(13)16(12-5-3-8-17-11-12)18(15)9-4-10-20-16/h1-3,5-8,11H,4,9-10H2. The van der Waals surface area contributed by atoms with Crippen LogP contribution in [-0.2, 0) is 4.87 Å². The fourth-order valence-electron chi connectivity index (χ4n) is 3.21. The van der Waals surface area contributed by atoms with Gasteiger partial charge in [-0.1, -0.05) is 24.3 Å². The number of carbonyl (C=O) groups excluding carboxylic acids is 1. The first-order valence-electron chi connectivity index (χ1n) is 6.80. The molecule has 0 radical (unpaired) electrons. The summed E-state index contributed by atoms with van der Waals surface area (Å²) in [6.07, 6.45) is 4.72. The molecule has 1 fully saturated rings. The van der Waals surface area contributed by atoms with E-state index in [9.17, 15) is 4.79 Å². The van der Waals surface area contributed by atoms with Crippen molar-refractivity contribution >= 4 is 17.7 Å². The van der Waals surface area contributed by atoms with Crippen LogP contribution in [0, 0.1) is 0 Å². The van der Waals surface area contributed by atoms with Crippen molar-refractivity contribution in [1.82, 2.24) is 9.88 Å². The Kier molecular flexibility index (Phi) is 2.60. The minimum absolute atomic E-state index is 0.150. The van der Waals surface area contributed by atoms with E-state index >= 15 is 0 Å². The SMILES string of the molecule is O=C1c2ccccc2C2(c3cccnc3)SCCCN12. The molecule has 0 spiro atoms. The van der Waals surface area contributed by atoms with Crippen molar-refractivity contribution in [2.45, 2.75) is 11.3 Å². The molecule has 1 unspecified atom stereocenters. The summed E-state index contributed by atoms with van der Waals surface area (Å²) in [6.45, 7) is 0.815. The number of pyridine rings is 1. The predicted molar refractivity (Wildman–Crippen MR) is 79.6 cm³/mol. The van der Waals surface area contributed by atoms with Gasteiger partial charge in [-0.3, -0.25) is 9.78 Å². The van der Waals surface area contributed by atoms with Crippen molar-refractivity contribution in [3.8, 4) is 0 Å². The largest absolute Gasteiger partial charge is 0.316 e. The van der Waals surface area contributed by atoms with E-state index in [0.29, 0.717) is 0 Å². The Hall–Kier alpha value is -1.81. The molecule has 4 heteroatoms. The topological polar surface area (TPSA) is 33.2 Å². The van der Waals surface area contributed by atoms with Gasteiger partial charge in [0, 0.05) is 35.6 Å². The van der Waals surface area contributed by atoms with Crippen LogP contribution in [0.15, 0.2) is 48.8 Å². The zero-order valence-corrected chi connectivity index (χ0v) is 11.8. The smallest absolute Gasteiger partial charge is 0.255 e. The third-order valence-corrected chi connectivity index (χ3v) is 5.62. The van der Waals surface area contributed by atoms with Gasteiger partial charge in [0.15, 0.2) is 0 Å². The van der Waals surface area contributed by atoms with E-state index < -0.39 is 0 Å². The zero-order valence-electron chi connectivity index (χ0n) is 11.0. The predicted octanol–water partition coefficient (Wildman–Crippen LogP) is 2.88. The van der Waals surface area contributed by atoms with E-state index in [-0.39, 0.29) is 10.8 Å². The molecule has 1 atom stereocenters. The molecule has 2 aliphatic heterocycles. The summed E-state index contributed by atoms with van der Waals surface area (Å²) in [6, 6.07) is 12.0. The van der Waals surface area contributed by atoms with Crippen LogP contribution in [0.4, 0.5) is 0 Å². The second kappa shape index (κ2) is 4.35. The third kappa shape index (κ3) is 1.43. The first-order valence-corrected chi connectivity index (χ1v) is 7.78. The number of nitrogens with zero attached hydrogens (tertiary/aromatic N) is 2. The Morgan fingerprint density at radius 1 is 1.20 bits per heavy atom. The van der Waals surface area contributed by atoms with Gasteiger partial charge in [0.05, 0.1) is 0 Å². The van der Waals surface area contributed by atoms with Gasteiger partial charge in [0.25, 0.3) is 5.91 Å². The summed E-state index contributed by atoms with van der Waals surface area (Å²) >= 11 is 1.85. The molecule has 2 aromatic rings. The maximum absolute atomic E-state index is 12.7. The monoisotopic (exact) mass is 282 g/mol. The third-order valence-electron chi connectivity index (χ3n) is 4.04. The zero-order chi connectivity index (χ0) is 13.6. The van der Waals surface area contributed by atoms with Gasteiger partial charge < -0.3 is 4.90 Å². The molecular formula is C16H14N2OS. The Morgan fingerprint density at radius 3 is 2.95 bits per heavy atom. The summed E-state index contributed by atoms with van der Waals surface area (Å²) in [4.78, 5) is 18.6. The minimum atomic E-state index is -0.375. The fourth-order valence-corrected chi connectivity index (χ4v) is 4.73. The van der Waals surface area contributed by atoms with Crippen LogP contribution in [0.3, 0.4) is 0 Å². The van der Waals surface area contributed by atoms with Gasteiger partial charge in [0.2, 0.25) is 0 Å². The lowest BCUT2D eigenvalue weighted by Gasteiger charge is -2.42. The van der Waals surface area contributed by atoms with Gasteiger partial charge >= 0.3 is 0 Å². The maximum atomic E-state index is 12.7. The van der Waals surface area contributed by atoms with Crippen molar-refractivity contribution in [2.24, 2.45) is 0 Å². The number of thioether (sulfide) groups is 1. The first kappa shape index (κ1) is 12.0. The van der Waals surface area contributed by atoms with Crippen LogP contribution >= 0.6 is 11.8 Å². The van der Waals surface area contributed by atoms with Crippen molar-refractivity contribution in [3.05, 3.63) is 65.5 Å². The first-order chi connectivity index (χ1) is 9.84. The van der Waals surface area contributed by atoms with E-state index in [1.165, 1.54) is 0 Å². The lowest BCUT2D eigenvalue weighted by molar-refractivity contribution is 0.0716. The van der Waals surface area contributed by atoms with Crippen LogP contribution in [0.1, 0.15) is 27.9 Å². The number of hydrogen-bond donors (Lipinski definition) is 0. The number of hydrogen-bond acceptors (Lipinski definition) is 3. The summed E-state index contributed by atoms with van der Waals surface area (Å²) < 4.78 is 0. The number of carbonyl (C=O) groups is 1. The van der Waals surface area contributed by atoms with Crippen LogP contribution in [0.25, 0.3) is 0 Å². The molecule has 0 saturated carbocycles. The van der Waals surface area contributed by atoms with Crippen molar-refractivity contribution in [1.29, 1.82) is 0 Å². The van der Waals surface area contributed by atoms with E-state index in [0.717, 1.165) is 35.4 Å². The van der Waals surface area contributed by atoms with Crippen molar-refractivity contribution in [2.75, 3.05) is 12.3 Å². The van der Waals surface area contributed by atoms with Gasteiger partial charge in [0.1, 0.15) is 4.87 Å². The maximum Gasteiger partial charge on any atom is 0.255 e. The normalized spacial score (nSPS) is 24.4. The molecule has 0 bridgehead atoms. The van der Waals surface area contributed by atoms with E-state index in [1.54, 1.807) is 6.20 Å². The fraction of sp³-hybridized carbons (Fsp3) is 0.250. The number of benzene rings is 1. The quantitative estimate of drug-likeness (QED) is 0.806. The average Bonchev–Trinajstić information content (AvgIpc) is 2.80. The summed E-state index contributed by atoms with van der Waals surface area (Å²) in [5.74, 6) is 1.21. The molecule has 3 heterocycles. The van der Waals surface area contributed by atoms with Crippen LogP contribution in [0.5, 0.6) is 0 Å². The van der Waals surface area contributed by atoms with Gasteiger partial charge in [-0.25, -0.2) is 0 Å². The van der Waals surface area contributed by atoms with E-state index in [1.807, 2.05) is 47.1 Å². The Labute approximate surface area is 122 Å². The van der Waals surface area contributed by atoms with Crippen LogP contribution < -0.4 is 0 Å². The van der Waals surface area contributed by atoms with Gasteiger partial charge in [-0.15, -0.1) is 11.8 Å². The van der Waals surface area contributed by atoms with Gasteiger partial charge in [-0.05, 0) is 24.3 Å². The Balaban J connectivity index is 2.01. The molecule has 2 aliphatic rings. The molecule has 1 amide bonds. The highest BCUT2D eigenvalue weighted by atomic mass is 32.2. The van der Waals surface area contributed by atoms with E-state index in [2.05, 4.69) is 17.1 Å². The van der Waals surface area contributed by atoms with Crippen LogP contribution in [-0.4, -0.2) is 28.1 Å². The lowest BCUT2D eigenvalue weighted by Crippen LogP contribution is -2.46. The van der Waals surface area contributed by atoms with Crippen molar-refractivity contribution in [3.63, 3.8) is 0 Å². The minimum Gasteiger partial charge on any atom is -0.316 e. The Morgan fingerprint density at radius 2 is 2.10 bits per heavy atom. The average molecular weight is 282 g/mol. The van der Waals surface area contributed by atoms with Crippen LogP contribution in [0.2, 0.25) is 0 Å². The van der Waals surface area contributed by atoms with E-state index in [4.69, 9.17) is 0 Å². The summed E-state index contributed by atoms with van der Waals surface area (Å²) in [5.41, 5.74) is 3.05. The summed E-state index contributed by atoms with van der Waals surface area (Å²) in [5, 5.41) is 0. The Bertz CT molecular complexity index is 673. The highest BCUT2D eigenvalue weighted by Crippen LogP contribution is 2.53. The number of rotatable bonds is 1.